The Morgan fingerprint density at radius 1 is 1.13 bits per heavy atom. The number of carbonyl (C=O) groups excluding carboxylic acids is 1. The fraction of sp³-hybridized carbons (Fsp3) is 0.391. The van der Waals surface area contributed by atoms with Crippen LogP contribution in [-0.4, -0.2) is 58.1 Å². The van der Waals surface area contributed by atoms with Gasteiger partial charge in [0.05, 0.1) is 37.2 Å². The number of anilines is 1. The van der Waals surface area contributed by atoms with Gasteiger partial charge >= 0.3 is 0 Å². The van der Waals surface area contributed by atoms with Gasteiger partial charge in [0.25, 0.3) is 5.91 Å². The summed E-state index contributed by atoms with van der Waals surface area (Å²) in [6, 6.07) is 10.4. The normalized spacial score (nSPS) is 21.3. The summed E-state index contributed by atoms with van der Waals surface area (Å²) in [5.74, 6) is 0.891. The van der Waals surface area contributed by atoms with Gasteiger partial charge in [-0.05, 0) is 37.0 Å². The van der Waals surface area contributed by atoms with Gasteiger partial charge in [0.15, 0.2) is 0 Å². The Labute approximate surface area is 175 Å². The molecule has 1 N–H and O–H groups in total. The van der Waals surface area contributed by atoms with E-state index in [1.807, 2.05) is 29.3 Å². The minimum absolute atomic E-state index is 0.0360. The first-order chi connectivity index (χ1) is 14.8. The standard InChI is InChI=1S/C23H25N5O2/c29-23(28-9-3-4-10-28)20-12-24-13-22(26-20)27-21-15-30-14-17(21)11-16-7-8-25-19-6-2-1-5-18(16)19/h1-2,5-8,12-13,17,21H,3-4,9-11,14-15H2,(H,26,27)/t17-,21-/m1/s1. The first kappa shape index (κ1) is 18.9. The van der Waals surface area contributed by atoms with Crippen molar-refractivity contribution in [1.82, 2.24) is 19.9 Å². The topological polar surface area (TPSA) is 80.2 Å². The number of pyridine rings is 1. The number of ether oxygens (including phenoxy) is 1. The molecule has 4 heterocycles. The molecule has 2 atom stereocenters. The van der Waals surface area contributed by atoms with Crippen LogP contribution in [0.1, 0.15) is 28.9 Å². The van der Waals surface area contributed by atoms with Crippen LogP contribution in [0, 0.1) is 5.92 Å². The van der Waals surface area contributed by atoms with E-state index in [1.165, 1.54) is 10.9 Å². The summed E-state index contributed by atoms with van der Waals surface area (Å²) >= 11 is 0. The molecule has 2 aromatic heterocycles. The van der Waals surface area contributed by atoms with E-state index in [9.17, 15) is 4.79 Å². The highest BCUT2D eigenvalue weighted by Gasteiger charge is 2.29. The second kappa shape index (κ2) is 8.36. The quantitative estimate of drug-likeness (QED) is 0.706. The first-order valence-electron chi connectivity index (χ1n) is 10.6. The Morgan fingerprint density at radius 3 is 2.90 bits per heavy atom. The van der Waals surface area contributed by atoms with Gasteiger partial charge in [-0.25, -0.2) is 4.98 Å². The minimum atomic E-state index is -0.0360. The largest absolute Gasteiger partial charge is 0.379 e. The lowest BCUT2D eigenvalue weighted by Gasteiger charge is -2.21. The number of amides is 1. The van der Waals surface area contributed by atoms with Crippen LogP contribution in [-0.2, 0) is 11.2 Å². The van der Waals surface area contributed by atoms with Crippen molar-refractivity contribution in [1.29, 1.82) is 0 Å². The second-order valence-electron chi connectivity index (χ2n) is 8.03. The molecule has 0 unspecified atom stereocenters. The third kappa shape index (κ3) is 3.85. The number of nitrogens with one attached hydrogen (secondary N) is 1. The summed E-state index contributed by atoms with van der Waals surface area (Å²) in [5.41, 5.74) is 2.68. The molecule has 2 aliphatic heterocycles. The van der Waals surface area contributed by atoms with E-state index in [4.69, 9.17) is 4.74 Å². The van der Waals surface area contributed by atoms with Gasteiger partial charge in [0.2, 0.25) is 0 Å². The lowest BCUT2D eigenvalue weighted by molar-refractivity contribution is 0.0786. The molecular formula is C23H25N5O2. The molecule has 7 heteroatoms. The van der Waals surface area contributed by atoms with Crippen molar-refractivity contribution in [3.8, 4) is 0 Å². The molecule has 0 bridgehead atoms. The van der Waals surface area contributed by atoms with Gasteiger partial charge in [-0.15, -0.1) is 0 Å². The summed E-state index contributed by atoms with van der Waals surface area (Å²) in [5, 5.41) is 4.64. The number of nitrogens with zero attached hydrogens (tertiary/aromatic N) is 4. The lowest BCUT2D eigenvalue weighted by atomic mass is 9.93. The maximum Gasteiger partial charge on any atom is 0.274 e. The summed E-state index contributed by atoms with van der Waals surface area (Å²) in [7, 11) is 0. The van der Waals surface area contributed by atoms with Gasteiger partial charge in [0, 0.05) is 30.6 Å². The lowest BCUT2D eigenvalue weighted by Crippen LogP contribution is -2.31. The molecule has 30 heavy (non-hydrogen) atoms. The van der Waals surface area contributed by atoms with E-state index in [2.05, 4.69) is 32.4 Å². The highest BCUT2D eigenvalue weighted by molar-refractivity contribution is 5.92. The van der Waals surface area contributed by atoms with E-state index in [0.717, 1.165) is 37.9 Å². The number of para-hydroxylation sites is 1. The average molecular weight is 403 g/mol. The molecule has 2 aliphatic rings. The number of rotatable bonds is 5. The zero-order chi connectivity index (χ0) is 20.3. The SMILES string of the molecule is O=C(c1cncc(N[C@@H]2COC[C@H]2Cc2ccnc3ccccc23)n1)N1CCCC1. The zero-order valence-corrected chi connectivity index (χ0v) is 16.8. The Bertz CT molecular complexity index is 1050. The number of hydrogen-bond donors (Lipinski definition) is 1. The fourth-order valence-electron chi connectivity index (χ4n) is 4.39. The maximum absolute atomic E-state index is 12.6. The molecule has 7 nitrogen and oxygen atoms in total. The van der Waals surface area contributed by atoms with Crippen LogP contribution in [0.25, 0.3) is 10.9 Å². The van der Waals surface area contributed by atoms with E-state index < -0.39 is 0 Å². The number of carbonyl (C=O) groups is 1. The summed E-state index contributed by atoms with van der Waals surface area (Å²) in [4.78, 5) is 27.7. The van der Waals surface area contributed by atoms with Crippen molar-refractivity contribution in [2.45, 2.75) is 25.3 Å². The van der Waals surface area contributed by atoms with Gasteiger partial charge in [-0.2, -0.15) is 0 Å². The fourth-order valence-corrected chi connectivity index (χ4v) is 4.39. The molecule has 0 radical (unpaired) electrons. The van der Waals surface area contributed by atoms with Gasteiger partial charge in [0.1, 0.15) is 11.5 Å². The molecule has 0 saturated carbocycles. The number of aromatic nitrogens is 3. The molecule has 3 aromatic rings. The molecule has 1 amide bonds. The Kier molecular flexibility index (Phi) is 5.27. The molecular weight excluding hydrogens is 378 g/mol. The smallest absolute Gasteiger partial charge is 0.274 e. The molecule has 5 rings (SSSR count). The summed E-state index contributed by atoms with van der Waals surface area (Å²) in [6.07, 6.45) is 8.11. The van der Waals surface area contributed by atoms with Gasteiger partial charge in [-0.3, -0.25) is 14.8 Å². The van der Waals surface area contributed by atoms with Crippen LogP contribution >= 0.6 is 0 Å². The van der Waals surface area contributed by atoms with Crippen molar-refractivity contribution in [2.24, 2.45) is 5.92 Å². The molecule has 154 valence electrons. The van der Waals surface area contributed by atoms with Crippen LogP contribution in [0.4, 0.5) is 5.82 Å². The minimum Gasteiger partial charge on any atom is -0.379 e. The van der Waals surface area contributed by atoms with Crippen molar-refractivity contribution in [2.75, 3.05) is 31.6 Å². The Morgan fingerprint density at radius 2 is 2.00 bits per heavy atom. The maximum atomic E-state index is 12.6. The van der Waals surface area contributed by atoms with Crippen LogP contribution < -0.4 is 5.32 Å². The van der Waals surface area contributed by atoms with Crippen LogP contribution in [0.2, 0.25) is 0 Å². The van der Waals surface area contributed by atoms with E-state index in [0.29, 0.717) is 30.6 Å². The molecule has 2 saturated heterocycles. The van der Waals surface area contributed by atoms with Gasteiger partial charge in [-0.1, -0.05) is 18.2 Å². The van der Waals surface area contributed by atoms with Crippen LogP contribution in [0.3, 0.4) is 0 Å². The highest BCUT2D eigenvalue weighted by atomic mass is 16.5. The van der Waals surface area contributed by atoms with Crippen molar-refractivity contribution < 1.29 is 9.53 Å². The summed E-state index contributed by atoms with van der Waals surface area (Å²) in [6.45, 7) is 2.90. The Hall–Kier alpha value is -3.06. The van der Waals surface area contributed by atoms with E-state index >= 15 is 0 Å². The third-order valence-corrected chi connectivity index (χ3v) is 6.00. The molecule has 2 fully saturated rings. The predicted octanol–water partition coefficient (Wildman–Crippen LogP) is 2.93. The molecule has 0 aliphatic carbocycles. The first-order valence-corrected chi connectivity index (χ1v) is 10.6. The average Bonchev–Trinajstić information content (AvgIpc) is 3.47. The third-order valence-electron chi connectivity index (χ3n) is 6.00. The number of likely N-dealkylation sites (tertiary alicyclic amines) is 1. The second-order valence-corrected chi connectivity index (χ2v) is 8.03. The van der Waals surface area contributed by atoms with E-state index in [-0.39, 0.29) is 11.9 Å². The van der Waals surface area contributed by atoms with Crippen LogP contribution in [0.5, 0.6) is 0 Å². The number of fused-ring (bicyclic) bond motifs is 1. The zero-order valence-electron chi connectivity index (χ0n) is 16.8. The van der Waals surface area contributed by atoms with Crippen molar-refractivity contribution >= 4 is 22.6 Å². The Balaban J connectivity index is 1.31. The predicted molar refractivity (Wildman–Crippen MR) is 114 cm³/mol. The molecule has 0 spiro atoms. The highest BCUT2D eigenvalue weighted by Crippen LogP contribution is 2.26. The van der Waals surface area contributed by atoms with Crippen molar-refractivity contribution in [3.63, 3.8) is 0 Å². The van der Waals surface area contributed by atoms with E-state index in [1.54, 1.807) is 12.4 Å². The van der Waals surface area contributed by atoms with Gasteiger partial charge < -0.3 is 15.0 Å². The number of hydrogen-bond acceptors (Lipinski definition) is 6. The monoisotopic (exact) mass is 403 g/mol. The molecule has 1 aromatic carbocycles. The number of benzene rings is 1. The van der Waals surface area contributed by atoms with Crippen LogP contribution in [0.15, 0.2) is 48.9 Å². The van der Waals surface area contributed by atoms with Crippen molar-refractivity contribution in [3.05, 3.63) is 60.2 Å². The summed E-state index contributed by atoms with van der Waals surface area (Å²) < 4.78 is 5.78.